The van der Waals surface area contributed by atoms with Crippen molar-refractivity contribution in [3.63, 3.8) is 0 Å². The van der Waals surface area contributed by atoms with Crippen LogP contribution in [0.4, 0.5) is 0 Å². The molecule has 0 spiro atoms. The molecule has 2 saturated heterocycles. The fourth-order valence-electron chi connectivity index (χ4n) is 9.83. The van der Waals surface area contributed by atoms with Crippen LogP contribution in [0.1, 0.15) is 36.8 Å². The van der Waals surface area contributed by atoms with Gasteiger partial charge in [-0.05, 0) is 61.5 Å². The maximum atomic E-state index is 13.3. The largest absolute Gasteiger partial charge is 0.296 e. The van der Waals surface area contributed by atoms with Crippen LogP contribution in [0.5, 0.6) is 0 Å². The fraction of sp³-hybridized carbons (Fsp3) is 0.438. The van der Waals surface area contributed by atoms with Crippen molar-refractivity contribution in [2.24, 2.45) is 45.3 Å². The van der Waals surface area contributed by atoms with Gasteiger partial charge in [-0.3, -0.25) is 29.8 Å². The van der Waals surface area contributed by atoms with Crippen LogP contribution in [0.25, 0.3) is 0 Å². The molecule has 2 heterocycles. The number of hydrogen-bond acceptors (Lipinski definition) is 4. The highest BCUT2D eigenvalue weighted by Gasteiger charge is 2.74. The molecule has 0 radical (unpaired) electrons. The quantitative estimate of drug-likeness (QED) is 0.415. The number of benzene rings is 1. The molecule has 4 bridgehead atoms. The van der Waals surface area contributed by atoms with Crippen molar-refractivity contribution in [3.05, 3.63) is 85.0 Å². The summed E-state index contributed by atoms with van der Waals surface area (Å²) in [5.74, 6) is -1.20. The molecule has 2 saturated carbocycles. The summed E-state index contributed by atoms with van der Waals surface area (Å²) in [6.07, 6.45) is 16.0. The Labute approximate surface area is 222 Å². The Bertz CT molecular complexity index is 1310. The average molecular weight is 509 g/mol. The van der Waals surface area contributed by atoms with E-state index in [0.717, 1.165) is 24.0 Å². The SMILES string of the molecule is C=CCC12C(=O)NC(=O)C1C1C=CC2(Cc2cccc(CC34C=CC(C3)C3C(=O)NC(=O)C34CC=C)c2)C1. The highest BCUT2D eigenvalue weighted by molar-refractivity contribution is 6.10. The zero-order valence-corrected chi connectivity index (χ0v) is 21.4. The van der Waals surface area contributed by atoms with E-state index < -0.39 is 21.7 Å². The van der Waals surface area contributed by atoms with Crippen molar-refractivity contribution < 1.29 is 19.2 Å². The van der Waals surface area contributed by atoms with Crippen molar-refractivity contribution in [2.75, 3.05) is 0 Å². The predicted octanol–water partition coefficient (Wildman–Crippen LogP) is 3.59. The smallest absolute Gasteiger partial charge is 0.234 e. The number of nitrogens with one attached hydrogen (secondary N) is 2. The van der Waals surface area contributed by atoms with E-state index in [1.54, 1.807) is 12.2 Å². The Balaban J connectivity index is 1.24. The van der Waals surface area contributed by atoms with Gasteiger partial charge in [-0.15, -0.1) is 13.2 Å². The van der Waals surface area contributed by atoms with Gasteiger partial charge in [0.2, 0.25) is 23.6 Å². The number of amides is 4. The normalized spacial score (nSPS) is 42.9. The minimum absolute atomic E-state index is 0.0663. The second kappa shape index (κ2) is 7.52. The molecule has 2 N–H and O–H groups in total. The van der Waals surface area contributed by atoms with Crippen LogP contribution in [0.2, 0.25) is 0 Å². The summed E-state index contributed by atoms with van der Waals surface area (Å²) >= 11 is 0. The van der Waals surface area contributed by atoms with Gasteiger partial charge in [0, 0.05) is 10.8 Å². The minimum Gasteiger partial charge on any atom is -0.296 e. The summed E-state index contributed by atoms with van der Waals surface area (Å²) in [5, 5.41) is 5.26. The molecule has 1 aromatic rings. The molecule has 4 fully saturated rings. The van der Waals surface area contributed by atoms with E-state index in [-0.39, 0.29) is 47.3 Å². The first-order valence-corrected chi connectivity index (χ1v) is 13.6. The lowest BCUT2D eigenvalue weighted by molar-refractivity contribution is -0.134. The van der Waals surface area contributed by atoms with E-state index in [4.69, 9.17) is 0 Å². The predicted molar refractivity (Wildman–Crippen MR) is 141 cm³/mol. The number of fused-ring (bicyclic) bond motifs is 10. The van der Waals surface area contributed by atoms with Crippen molar-refractivity contribution in [2.45, 2.75) is 38.5 Å². The molecule has 38 heavy (non-hydrogen) atoms. The third kappa shape index (κ3) is 2.54. The van der Waals surface area contributed by atoms with Crippen molar-refractivity contribution in [1.82, 2.24) is 10.6 Å². The molecule has 4 aliphatic carbocycles. The van der Waals surface area contributed by atoms with Crippen LogP contribution in [0, 0.1) is 45.3 Å². The Morgan fingerprint density at radius 2 is 1.21 bits per heavy atom. The van der Waals surface area contributed by atoms with Crippen LogP contribution in [-0.4, -0.2) is 23.6 Å². The average Bonchev–Trinajstić information content (AvgIpc) is 3.67. The monoisotopic (exact) mass is 508 g/mol. The highest BCUT2D eigenvalue weighted by atomic mass is 16.2. The number of carbonyl (C=O) groups excluding carboxylic acids is 4. The molecule has 1 aromatic carbocycles. The molecule has 4 amide bonds. The van der Waals surface area contributed by atoms with Crippen LogP contribution in [0.3, 0.4) is 0 Å². The summed E-state index contributed by atoms with van der Waals surface area (Å²) in [6, 6.07) is 8.43. The molecule has 2 aliphatic heterocycles. The third-order valence-electron chi connectivity index (χ3n) is 11.0. The molecule has 6 heteroatoms. The number of imide groups is 2. The molecule has 8 unspecified atom stereocenters. The van der Waals surface area contributed by atoms with Gasteiger partial charge in [0.1, 0.15) is 0 Å². The lowest BCUT2D eigenvalue weighted by Gasteiger charge is -2.43. The highest BCUT2D eigenvalue weighted by Crippen LogP contribution is 2.70. The molecule has 6 aliphatic rings. The molecule has 194 valence electrons. The first-order chi connectivity index (χ1) is 18.3. The Morgan fingerprint density at radius 1 is 0.763 bits per heavy atom. The maximum absolute atomic E-state index is 13.3. The van der Waals surface area contributed by atoms with Gasteiger partial charge in [0.25, 0.3) is 0 Å². The van der Waals surface area contributed by atoms with E-state index >= 15 is 0 Å². The van der Waals surface area contributed by atoms with Gasteiger partial charge in [0.05, 0.1) is 22.7 Å². The van der Waals surface area contributed by atoms with Gasteiger partial charge < -0.3 is 0 Å². The van der Waals surface area contributed by atoms with Crippen molar-refractivity contribution in [1.29, 1.82) is 0 Å². The Kier molecular flexibility index (Phi) is 4.67. The molecule has 7 rings (SSSR count). The van der Waals surface area contributed by atoms with Gasteiger partial charge in [-0.1, -0.05) is 60.7 Å². The molecular weight excluding hydrogens is 476 g/mol. The number of allylic oxidation sites excluding steroid dienone is 6. The zero-order valence-electron chi connectivity index (χ0n) is 21.4. The van der Waals surface area contributed by atoms with Gasteiger partial charge in [0.15, 0.2) is 0 Å². The lowest BCUT2D eigenvalue weighted by atomic mass is 9.57. The number of hydrogen-bond donors (Lipinski definition) is 2. The van der Waals surface area contributed by atoms with Crippen molar-refractivity contribution in [3.8, 4) is 0 Å². The second-order valence-electron chi connectivity index (χ2n) is 12.5. The van der Waals surface area contributed by atoms with E-state index in [9.17, 15) is 19.2 Å². The van der Waals surface area contributed by atoms with Crippen molar-refractivity contribution >= 4 is 23.6 Å². The zero-order chi connectivity index (χ0) is 26.5. The first kappa shape index (κ1) is 23.6. The maximum Gasteiger partial charge on any atom is 0.234 e. The summed E-state index contributed by atoms with van der Waals surface area (Å²) in [4.78, 5) is 52.2. The van der Waals surface area contributed by atoms with E-state index in [2.05, 4.69) is 66.3 Å². The van der Waals surface area contributed by atoms with Crippen LogP contribution in [0.15, 0.2) is 73.9 Å². The van der Waals surface area contributed by atoms with Gasteiger partial charge in [-0.25, -0.2) is 0 Å². The summed E-state index contributed by atoms with van der Waals surface area (Å²) in [7, 11) is 0. The second-order valence-corrected chi connectivity index (χ2v) is 12.5. The summed E-state index contributed by atoms with van der Waals surface area (Å²) < 4.78 is 0. The standard InChI is InChI=1S/C32H32N2O4/c1-3-10-31-23(25(35)33-27(31)37)21-8-12-29(31,17-21)15-19-6-5-7-20(14-19)16-30-13-9-22(18-30)24-26(36)34-28(38)32(24,30)11-4-2/h3-9,12-14,21-24H,1-2,10-11,15-18H2,(H,33,35,37)(H,34,36,38). The Morgan fingerprint density at radius 3 is 1.63 bits per heavy atom. The number of carbonyl (C=O) groups is 4. The first-order valence-electron chi connectivity index (χ1n) is 13.6. The molecule has 0 aromatic heterocycles. The summed E-state index contributed by atoms with van der Waals surface area (Å²) in [6.45, 7) is 7.85. The van der Waals surface area contributed by atoms with Crippen LogP contribution >= 0.6 is 0 Å². The minimum atomic E-state index is -0.795. The van der Waals surface area contributed by atoms with Gasteiger partial charge >= 0.3 is 0 Å². The third-order valence-corrected chi connectivity index (χ3v) is 11.0. The van der Waals surface area contributed by atoms with E-state index in [0.29, 0.717) is 25.7 Å². The molecule has 8 atom stereocenters. The van der Waals surface area contributed by atoms with Gasteiger partial charge in [-0.2, -0.15) is 0 Å². The lowest BCUT2D eigenvalue weighted by Crippen LogP contribution is -2.47. The topological polar surface area (TPSA) is 92.3 Å². The molecular formula is C32H32N2O4. The van der Waals surface area contributed by atoms with Crippen LogP contribution < -0.4 is 10.6 Å². The van der Waals surface area contributed by atoms with E-state index in [1.807, 2.05) is 6.07 Å². The van der Waals surface area contributed by atoms with Crippen LogP contribution in [-0.2, 0) is 32.0 Å². The van der Waals surface area contributed by atoms with E-state index in [1.165, 1.54) is 0 Å². The summed E-state index contributed by atoms with van der Waals surface area (Å²) in [5.41, 5.74) is -0.256. The fourth-order valence-corrected chi connectivity index (χ4v) is 9.83. The molecule has 6 nitrogen and oxygen atoms in total. The Hall–Kier alpha value is -3.54. The number of rotatable bonds is 8.